The number of nitro groups is 1. The summed E-state index contributed by atoms with van der Waals surface area (Å²) in [6.45, 7) is 1.86. The molecule has 0 radical (unpaired) electrons. The Bertz CT molecular complexity index is 881. The zero-order valence-electron chi connectivity index (χ0n) is 16.6. The molecular weight excluding hydrogens is 414 g/mol. The van der Waals surface area contributed by atoms with Gasteiger partial charge < -0.3 is 15.5 Å². The lowest BCUT2D eigenvalue weighted by atomic mass is 10.2. The first kappa shape index (κ1) is 23.5. The largest absolute Gasteiger partial charge is 0.379 e. The first-order valence-electron chi connectivity index (χ1n) is 9.78. The lowest BCUT2D eigenvalue weighted by molar-refractivity contribution is -0.384. The fraction of sp³-hybridized carbons (Fsp3) is 0.556. The van der Waals surface area contributed by atoms with Gasteiger partial charge in [0, 0.05) is 45.1 Å². The number of rotatable bonds is 9. The number of likely N-dealkylation sites (tertiary alicyclic amines) is 1. The number of sulfonamides is 1. The van der Waals surface area contributed by atoms with E-state index in [1.54, 1.807) is 0 Å². The number of nitro benzene ring substituents is 1. The van der Waals surface area contributed by atoms with Crippen LogP contribution in [-0.2, 0) is 19.6 Å². The van der Waals surface area contributed by atoms with Crippen LogP contribution in [0.3, 0.4) is 0 Å². The average molecular weight is 442 g/mol. The fourth-order valence-electron chi connectivity index (χ4n) is 3.18. The van der Waals surface area contributed by atoms with Gasteiger partial charge in [-0.05, 0) is 25.0 Å². The highest BCUT2D eigenvalue weighted by Gasteiger charge is 2.19. The van der Waals surface area contributed by atoms with Crippen molar-refractivity contribution < 1.29 is 22.9 Å². The summed E-state index contributed by atoms with van der Waals surface area (Å²) in [6.07, 6.45) is 4.56. The van der Waals surface area contributed by atoms with Crippen LogP contribution in [0.1, 0.15) is 38.5 Å². The topological polar surface area (TPSA) is 165 Å². The molecule has 1 fully saturated rings. The number of hydrogen-bond donors (Lipinski definition) is 3. The predicted molar refractivity (Wildman–Crippen MR) is 110 cm³/mol. The van der Waals surface area contributed by atoms with Crippen molar-refractivity contribution in [1.82, 2.24) is 10.2 Å². The number of amides is 2. The molecule has 1 saturated heterocycles. The van der Waals surface area contributed by atoms with Gasteiger partial charge in [0.05, 0.1) is 9.82 Å². The molecular formula is C18H27N5O6S. The molecule has 12 heteroatoms. The molecule has 2 amide bonds. The number of carbonyl (C=O) groups excluding carboxylic acids is 2. The Labute approximate surface area is 175 Å². The molecule has 1 aliphatic heterocycles. The van der Waals surface area contributed by atoms with E-state index in [1.807, 2.05) is 4.90 Å². The first-order chi connectivity index (χ1) is 14.2. The second kappa shape index (κ2) is 10.9. The summed E-state index contributed by atoms with van der Waals surface area (Å²) in [4.78, 5) is 36.0. The van der Waals surface area contributed by atoms with Gasteiger partial charge in [-0.1, -0.05) is 12.8 Å². The van der Waals surface area contributed by atoms with E-state index < -0.39 is 20.6 Å². The summed E-state index contributed by atoms with van der Waals surface area (Å²) in [6, 6.07) is 3.25. The SMILES string of the molecule is NS(=O)(=O)c1ccc(NCCC(=O)NCCC(=O)N2CCCCCC2)c([N+](=O)[O-])c1. The summed E-state index contributed by atoms with van der Waals surface area (Å²) in [5, 5.41) is 21.6. The Kier molecular flexibility index (Phi) is 8.54. The van der Waals surface area contributed by atoms with E-state index in [0.717, 1.165) is 50.9 Å². The Morgan fingerprint density at radius 2 is 1.77 bits per heavy atom. The number of primary sulfonamides is 1. The number of carbonyl (C=O) groups is 2. The minimum atomic E-state index is -4.06. The Hall–Kier alpha value is -2.73. The third kappa shape index (κ3) is 7.26. The highest BCUT2D eigenvalue weighted by molar-refractivity contribution is 7.89. The zero-order chi connectivity index (χ0) is 22.1. The van der Waals surface area contributed by atoms with Gasteiger partial charge in [-0.3, -0.25) is 19.7 Å². The Morgan fingerprint density at radius 1 is 1.10 bits per heavy atom. The molecule has 11 nitrogen and oxygen atoms in total. The molecule has 0 unspecified atom stereocenters. The van der Waals surface area contributed by atoms with Gasteiger partial charge >= 0.3 is 0 Å². The van der Waals surface area contributed by atoms with Crippen LogP contribution in [-0.4, -0.2) is 56.2 Å². The van der Waals surface area contributed by atoms with Crippen molar-refractivity contribution in [2.24, 2.45) is 5.14 Å². The van der Waals surface area contributed by atoms with Gasteiger partial charge in [0.1, 0.15) is 5.69 Å². The molecule has 1 aliphatic rings. The quantitative estimate of drug-likeness (QED) is 0.379. The molecule has 0 spiro atoms. The second-order valence-corrected chi connectivity index (χ2v) is 8.61. The molecule has 1 aromatic carbocycles. The molecule has 4 N–H and O–H groups in total. The van der Waals surface area contributed by atoms with E-state index in [1.165, 1.54) is 6.07 Å². The summed E-state index contributed by atoms with van der Waals surface area (Å²) in [5.41, 5.74) is -0.374. The van der Waals surface area contributed by atoms with Crippen LogP contribution in [0.5, 0.6) is 0 Å². The normalized spacial score (nSPS) is 14.6. The van der Waals surface area contributed by atoms with Crippen molar-refractivity contribution in [1.29, 1.82) is 0 Å². The molecule has 1 aromatic rings. The molecule has 166 valence electrons. The standard InChI is InChI=1S/C18H27N5O6S/c19-30(28,29)14-5-6-15(16(13-14)23(26)27)20-9-7-17(24)21-10-8-18(25)22-11-3-1-2-4-12-22/h5-6,13,20H,1-4,7-12H2,(H,21,24)(H2,19,28,29). The van der Waals surface area contributed by atoms with Gasteiger partial charge in [-0.25, -0.2) is 13.6 Å². The van der Waals surface area contributed by atoms with E-state index in [9.17, 15) is 28.1 Å². The van der Waals surface area contributed by atoms with Crippen LogP contribution < -0.4 is 15.8 Å². The average Bonchev–Trinajstić information content (AvgIpc) is 2.96. The lowest BCUT2D eigenvalue weighted by Gasteiger charge is -2.20. The third-order valence-corrected chi connectivity index (χ3v) is 5.69. The fourth-order valence-corrected chi connectivity index (χ4v) is 3.71. The van der Waals surface area contributed by atoms with E-state index in [-0.39, 0.29) is 48.3 Å². The summed E-state index contributed by atoms with van der Waals surface area (Å²) >= 11 is 0. The number of benzene rings is 1. The molecule has 0 bridgehead atoms. The highest BCUT2D eigenvalue weighted by Crippen LogP contribution is 2.27. The van der Waals surface area contributed by atoms with Crippen molar-refractivity contribution in [2.75, 3.05) is 31.5 Å². The number of nitrogens with zero attached hydrogens (tertiary/aromatic N) is 2. The number of hydrogen-bond acceptors (Lipinski definition) is 7. The van der Waals surface area contributed by atoms with Crippen LogP contribution in [0.2, 0.25) is 0 Å². The van der Waals surface area contributed by atoms with E-state index in [2.05, 4.69) is 10.6 Å². The minimum Gasteiger partial charge on any atom is -0.379 e. The number of anilines is 1. The number of nitrogens with one attached hydrogen (secondary N) is 2. The maximum absolute atomic E-state index is 12.2. The first-order valence-corrected chi connectivity index (χ1v) is 11.3. The van der Waals surface area contributed by atoms with Crippen molar-refractivity contribution >= 4 is 33.2 Å². The van der Waals surface area contributed by atoms with Crippen LogP contribution in [0.15, 0.2) is 23.1 Å². The van der Waals surface area contributed by atoms with E-state index in [0.29, 0.717) is 0 Å². The van der Waals surface area contributed by atoms with Gasteiger partial charge in [0.15, 0.2) is 0 Å². The molecule has 30 heavy (non-hydrogen) atoms. The smallest absolute Gasteiger partial charge is 0.293 e. The number of nitrogens with two attached hydrogens (primary N) is 1. The predicted octanol–water partition coefficient (Wildman–Crippen LogP) is 0.953. The molecule has 0 aromatic heterocycles. The molecule has 2 rings (SSSR count). The molecule has 1 heterocycles. The molecule has 0 saturated carbocycles. The van der Waals surface area contributed by atoms with Crippen molar-refractivity contribution in [3.05, 3.63) is 28.3 Å². The minimum absolute atomic E-state index is 0.0286. The summed E-state index contributed by atoms with van der Waals surface area (Å²) < 4.78 is 22.7. The van der Waals surface area contributed by atoms with Gasteiger partial charge in [0.2, 0.25) is 21.8 Å². The van der Waals surface area contributed by atoms with Crippen LogP contribution in [0, 0.1) is 10.1 Å². The zero-order valence-corrected chi connectivity index (χ0v) is 17.4. The maximum Gasteiger partial charge on any atom is 0.293 e. The van der Waals surface area contributed by atoms with Gasteiger partial charge in [-0.2, -0.15) is 0 Å². The third-order valence-electron chi connectivity index (χ3n) is 4.78. The van der Waals surface area contributed by atoms with Gasteiger partial charge in [-0.15, -0.1) is 0 Å². The highest BCUT2D eigenvalue weighted by atomic mass is 32.2. The van der Waals surface area contributed by atoms with Crippen molar-refractivity contribution in [3.8, 4) is 0 Å². The lowest BCUT2D eigenvalue weighted by Crippen LogP contribution is -2.35. The monoisotopic (exact) mass is 441 g/mol. The summed E-state index contributed by atoms with van der Waals surface area (Å²) in [5.74, 6) is -0.268. The Morgan fingerprint density at radius 3 is 2.37 bits per heavy atom. The van der Waals surface area contributed by atoms with Crippen molar-refractivity contribution in [2.45, 2.75) is 43.4 Å². The summed E-state index contributed by atoms with van der Waals surface area (Å²) in [7, 11) is -4.06. The van der Waals surface area contributed by atoms with Crippen molar-refractivity contribution in [3.63, 3.8) is 0 Å². The van der Waals surface area contributed by atoms with Crippen LogP contribution in [0.4, 0.5) is 11.4 Å². The van der Waals surface area contributed by atoms with Gasteiger partial charge in [0.25, 0.3) is 5.69 Å². The maximum atomic E-state index is 12.2. The Balaban J connectivity index is 1.77. The van der Waals surface area contributed by atoms with Crippen LogP contribution in [0.25, 0.3) is 0 Å². The second-order valence-electron chi connectivity index (χ2n) is 7.05. The van der Waals surface area contributed by atoms with E-state index in [4.69, 9.17) is 5.14 Å². The molecule has 0 aliphatic carbocycles. The van der Waals surface area contributed by atoms with E-state index >= 15 is 0 Å². The van der Waals surface area contributed by atoms with Crippen LogP contribution >= 0.6 is 0 Å². The molecule has 0 atom stereocenters.